The average Bonchev–Trinajstić information content (AvgIpc) is 2.46. The van der Waals surface area contributed by atoms with E-state index in [1.807, 2.05) is 12.1 Å². The molecule has 1 aromatic rings. The van der Waals surface area contributed by atoms with Crippen LogP contribution in [0.5, 0.6) is 0 Å². The fourth-order valence-corrected chi connectivity index (χ4v) is 3.75. The second-order valence-corrected chi connectivity index (χ2v) is 6.80. The summed E-state index contributed by atoms with van der Waals surface area (Å²) in [6.45, 7) is 0.865. The van der Waals surface area contributed by atoms with Crippen LogP contribution in [0.1, 0.15) is 18.5 Å². The largest absolute Gasteiger partial charge is 0.261 e. The van der Waals surface area contributed by atoms with Crippen LogP contribution in [-0.4, -0.2) is 36.5 Å². The number of hydrogen-bond donors (Lipinski definition) is 0. The minimum atomic E-state index is -3.28. The summed E-state index contributed by atoms with van der Waals surface area (Å²) < 4.78 is 25.9. The molecule has 0 amide bonds. The molecule has 5 nitrogen and oxygen atoms in total. The summed E-state index contributed by atoms with van der Waals surface area (Å²) in [7, 11) is -3.28. The molecule has 0 aromatic carbocycles. The molecule has 1 aliphatic rings. The molecule has 2 heterocycles. The van der Waals surface area contributed by atoms with E-state index in [2.05, 4.69) is 11.1 Å². The third-order valence-corrected chi connectivity index (χ3v) is 5.14. The molecule has 1 atom stereocenters. The van der Waals surface area contributed by atoms with E-state index in [9.17, 15) is 8.42 Å². The first-order chi connectivity index (χ1) is 9.12. The van der Waals surface area contributed by atoms with Crippen molar-refractivity contribution in [1.29, 1.82) is 5.26 Å². The lowest BCUT2D eigenvalue weighted by molar-refractivity contribution is 0.305. The van der Waals surface area contributed by atoms with Gasteiger partial charge in [-0.3, -0.25) is 4.98 Å². The predicted molar refractivity (Wildman–Crippen MR) is 71.6 cm³/mol. The Morgan fingerprint density at radius 3 is 3.00 bits per heavy atom. The first-order valence-electron chi connectivity index (χ1n) is 6.39. The topological polar surface area (TPSA) is 74.1 Å². The van der Waals surface area contributed by atoms with Crippen molar-refractivity contribution >= 4 is 10.0 Å². The zero-order chi connectivity index (χ0) is 13.7. The molecule has 0 aliphatic carbocycles. The Morgan fingerprint density at radius 1 is 1.47 bits per heavy atom. The van der Waals surface area contributed by atoms with Gasteiger partial charge in [-0.2, -0.15) is 5.26 Å². The molecule has 1 aliphatic heterocycles. The molecule has 0 N–H and O–H groups in total. The van der Waals surface area contributed by atoms with Crippen molar-refractivity contribution in [3.8, 4) is 6.07 Å². The standard InChI is InChI=1S/C13H17N3O2S/c14-10-12-4-3-8-16(11-12)19(17,18)9-6-13-5-1-2-7-15-13/h1-2,5,7,12H,3-4,6,8-9,11H2. The first kappa shape index (κ1) is 14.0. The van der Waals surface area contributed by atoms with Crippen molar-refractivity contribution in [2.45, 2.75) is 19.3 Å². The number of rotatable bonds is 4. The van der Waals surface area contributed by atoms with Gasteiger partial charge in [-0.15, -0.1) is 0 Å². The molecule has 1 fully saturated rings. The summed E-state index contributed by atoms with van der Waals surface area (Å²) in [5.74, 6) is -0.110. The summed E-state index contributed by atoms with van der Waals surface area (Å²) >= 11 is 0. The van der Waals surface area contributed by atoms with E-state index in [4.69, 9.17) is 5.26 Å². The summed E-state index contributed by atoms with van der Waals surface area (Å²) in [6, 6.07) is 7.64. The van der Waals surface area contributed by atoms with Crippen LogP contribution in [0.15, 0.2) is 24.4 Å². The second kappa shape index (κ2) is 6.13. The maximum Gasteiger partial charge on any atom is 0.214 e. The molecule has 2 rings (SSSR count). The molecule has 1 unspecified atom stereocenters. The zero-order valence-electron chi connectivity index (χ0n) is 10.7. The van der Waals surface area contributed by atoms with E-state index >= 15 is 0 Å². The van der Waals surface area contributed by atoms with E-state index in [1.165, 1.54) is 4.31 Å². The smallest absolute Gasteiger partial charge is 0.214 e. The molecular weight excluding hydrogens is 262 g/mol. The maximum absolute atomic E-state index is 12.2. The highest BCUT2D eigenvalue weighted by Gasteiger charge is 2.28. The highest BCUT2D eigenvalue weighted by atomic mass is 32.2. The van der Waals surface area contributed by atoms with Crippen molar-refractivity contribution in [2.75, 3.05) is 18.8 Å². The van der Waals surface area contributed by atoms with Crippen LogP contribution >= 0.6 is 0 Å². The number of hydrogen-bond acceptors (Lipinski definition) is 4. The van der Waals surface area contributed by atoms with Crippen LogP contribution in [0, 0.1) is 17.2 Å². The molecule has 0 radical (unpaired) electrons. The second-order valence-electron chi connectivity index (χ2n) is 4.71. The Bertz CT molecular complexity index is 551. The maximum atomic E-state index is 12.2. The van der Waals surface area contributed by atoms with Gasteiger partial charge >= 0.3 is 0 Å². The lowest BCUT2D eigenvalue weighted by Gasteiger charge is -2.28. The van der Waals surface area contributed by atoms with Gasteiger partial charge < -0.3 is 0 Å². The number of aryl methyl sites for hydroxylation is 1. The Balaban J connectivity index is 1.97. The van der Waals surface area contributed by atoms with E-state index in [0.29, 0.717) is 19.5 Å². The van der Waals surface area contributed by atoms with Crippen LogP contribution < -0.4 is 0 Å². The summed E-state index contributed by atoms with van der Waals surface area (Å²) in [5, 5.41) is 8.90. The lowest BCUT2D eigenvalue weighted by atomic mass is 10.0. The van der Waals surface area contributed by atoms with Crippen LogP contribution in [0.3, 0.4) is 0 Å². The van der Waals surface area contributed by atoms with Crippen molar-refractivity contribution in [2.24, 2.45) is 5.92 Å². The lowest BCUT2D eigenvalue weighted by Crippen LogP contribution is -2.41. The molecule has 0 saturated carbocycles. The number of nitriles is 1. The van der Waals surface area contributed by atoms with Crippen molar-refractivity contribution in [1.82, 2.24) is 9.29 Å². The van der Waals surface area contributed by atoms with Gasteiger partial charge in [-0.1, -0.05) is 6.07 Å². The van der Waals surface area contributed by atoms with Gasteiger partial charge in [-0.25, -0.2) is 12.7 Å². The van der Waals surface area contributed by atoms with Crippen molar-refractivity contribution in [3.05, 3.63) is 30.1 Å². The third kappa shape index (κ3) is 3.75. The van der Waals surface area contributed by atoms with Gasteiger partial charge in [0, 0.05) is 31.4 Å². The Kier molecular flexibility index (Phi) is 4.51. The number of aromatic nitrogens is 1. The molecular formula is C13H17N3O2S. The van der Waals surface area contributed by atoms with Gasteiger partial charge in [0.1, 0.15) is 0 Å². The van der Waals surface area contributed by atoms with Crippen molar-refractivity contribution < 1.29 is 8.42 Å². The predicted octanol–water partition coefficient (Wildman–Crippen LogP) is 1.19. The highest BCUT2D eigenvalue weighted by Crippen LogP contribution is 2.19. The van der Waals surface area contributed by atoms with Crippen LogP contribution in [0.2, 0.25) is 0 Å². The van der Waals surface area contributed by atoms with Gasteiger partial charge in [-0.05, 0) is 25.0 Å². The Labute approximate surface area is 113 Å². The number of piperidine rings is 1. The summed E-state index contributed by atoms with van der Waals surface area (Å²) in [6.07, 6.45) is 3.63. The van der Waals surface area contributed by atoms with Gasteiger partial charge in [0.15, 0.2) is 0 Å². The molecule has 19 heavy (non-hydrogen) atoms. The average molecular weight is 279 g/mol. The Morgan fingerprint density at radius 2 is 2.32 bits per heavy atom. The van der Waals surface area contributed by atoms with Crippen LogP contribution in [0.25, 0.3) is 0 Å². The first-order valence-corrected chi connectivity index (χ1v) is 8.00. The van der Waals surface area contributed by atoms with Gasteiger partial charge in [0.25, 0.3) is 0 Å². The summed E-state index contributed by atoms with van der Waals surface area (Å²) in [5.41, 5.74) is 0.778. The van der Waals surface area contributed by atoms with E-state index in [0.717, 1.165) is 18.5 Å². The van der Waals surface area contributed by atoms with Gasteiger partial charge in [0.05, 0.1) is 17.7 Å². The number of sulfonamides is 1. The van der Waals surface area contributed by atoms with Crippen LogP contribution in [0.4, 0.5) is 0 Å². The summed E-state index contributed by atoms with van der Waals surface area (Å²) in [4.78, 5) is 4.12. The normalized spacial score (nSPS) is 20.9. The molecule has 102 valence electrons. The van der Waals surface area contributed by atoms with E-state index in [-0.39, 0.29) is 11.7 Å². The zero-order valence-corrected chi connectivity index (χ0v) is 11.5. The minimum Gasteiger partial charge on any atom is -0.261 e. The number of nitrogens with zero attached hydrogens (tertiary/aromatic N) is 3. The van der Waals surface area contributed by atoms with E-state index in [1.54, 1.807) is 12.3 Å². The van der Waals surface area contributed by atoms with E-state index < -0.39 is 10.0 Å². The molecule has 1 saturated heterocycles. The molecule has 0 bridgehead atoms. The quantitative estimate of drug-likeness (QED) is 0.829. The monoisotopic (exact) mass is 279 g/mol. The molecule has 1 aromatic heterocycles. The molecule has 0 spiro atoms. The number of pyridine rings is 1. The molecule has 6 heteroatoms. The van der Waals surface area contributed by atoms with Gasteiger partial charge in [0.2, 0.25) is 10.0 Å². The van der Waals surface area contributed by atoms with Crippen LogP contribution in [-0.2, 0) is 16.4 Å². The minimum absolute atomic E-state index is 0.0577. The highest BCUT2D eigenvalue weighted by molar-refractivity contribution is 7.89. The Hall–Kier alpha value is -1.45. The third-order valence-electron chi connectivity index (χ3n) is 3.30. The SMILES string of the molecule is N#CC1CCCN(S(=O)(=O)CCc2ccccn2)C1. The van der Waals surface area contributed by atoms with Crippen molar-refractivity contribution in [3.63, 3.8) is 0 Å². The fraction of sp³-hybridized carbons (Fsp3) is 0.538. The fourth-order valence-electron chi connectivity index (χ4n) is 2.21.